The highest BCUT2D eigenvalue weighted by atomic mass is 16.7. The Morgan fingerprint density at radius 1 is 1.04 bits per heavy atom. The van der Waals surface area contributed by atoms with Gasteiger partial charge >= 0.3 is 5.97 Å². The summed E-state index contributed by atoms with van der Waals surface area (Å²) in [4.78, 5) is 11.8. The third-order valence-electron chi connectivity index (χ3n) is 4.25. The van der Waals surface area contributed by atoms with Crippen LogP contribution in [0.25, 0.3) is 0 Å². The molecular formula is C22H22O4. The van der Waals surface area contributed by atoms with E-state index in [-0.39, 0.29) is 11.7 Å². The number of hydrogen-bond donors (Lipinski definition) is 0. The summed E-state index contributed by atoms with van der Waals surface area (Å²) in [6.45, 7) is 2.34. The number of methoxy groups -OCH3 is 1. The highest BCUT2D eigenvalue weighted by Gasteiger charge is 2.29. The molecule has 0 bridgehead atoms. The fourth-order valence-corrected chi connectivity index (χ4v) is 3.09. The Kier molecular flexibility index (Phi) is 5.74. The molecule has 0 N–H and O–H groups in total. The van der Waals surface area contributed by atoms with E-state index in [2.05, 4.69) is 24.3 Å². The minimum absolute atomic E-state index is 0.0191. The molecule has 1 aliphatic rings. The van der Waals surface area contributed by atoms with Gasteiger partial charge in [-0.1, -0.05) is 60.7 Å². The zero-order chi connectivity index (χ0) is 18.4. The van der Waals surface area contributed by atoms with Crippen LogP contribution in [0.1, 0.15) is 30.4 Å². The zero-order valence-electron chi connectivity index (χ0n) is 15.0. The Labute approximate surface area is 153 Å². The van der Waals surface area contributed by atoms with Gasteiger partial charge in [0.25, 0.3) is 5.95 Å². The molecule has 0 radical (unpaired) electrons. The normalized spacial score (nSPS) is 13.9. The molecule has 0 saturated carbocycles. The lowest BCUT2D eigenvalue weighted by atomic mass is 9.83. The largest absolute Gasteiger partial charge is 0.465 e. The molecule has 0 spiro atoms. The fourth-order valence-electron chi connectivity index (χ4n) is 3.09. The lowest BCUT2D eigenvalue weighted by molar-refractivity contribution is -0.140. The number of carbonyl (C=O) groups excluding carboxylic acids is 1. The molecule has 0 atom stereocenters. The first-order valence-electron chi connectivity index (χ1n) is 8.66. The molecule has 0 aliphatic carbocycles. The number of allylic oxidation sites excluding steroid dienone is 2. The lowest BCUT2D eigenvalue weighted by Gasteiger charge is -2.26. The number of benzene rings is 2. The van der Waals surface area contributed by atoms with Crippen LogP contribution in [0.3, 0.4) is 0 Å². The molecular weight excluding hydrogens is 328 g/mol. The molecule has 134 valence electrons. The average Bonchev–Trinajstić information content (AvgIpc) is 2.70. The summed E-state index contributed by atoms with van der Waals surface area (Å²) in [6.07, 6.45) is 2.30. The number of rotatable bonds is 6. The highest BCUT2D eigenvalue weighted by Crippen LogP contribution is 2.39. The third kappa shape index (κ3) is 3.80. The molecule has 0 aromatic heterocycles. The molecule has 4 nitrogen and oxygen atoms in total. The van der Waals surface area contributed by atoms with Crippen molar-refractivity contribution in [2.45, 2.75) is 19.3 Å². The lowest BCUT2D eigenvalue weighted by Crippen LogP contribution is -2.18. The highest BCUT2D eigenvalue weighted by molar-refractivity contribution is 5.86. The van der Waals surface area contributed by atoms with Gasteiger partial charge in [0.2, 0.25) is 5.76 Å². The first-order chi connectivity index (χ1) is 12.7. The van der Waals surface area contributed by atoms with Crippen LogP contribution in [-0.4, -0.2) is 19.7 Å². The molecule has 1 aliphatic heterocycles. The summed E-state index contributed by atoms with van der Waals surface area (Å²) in [7, 11) is 1.34. The van der Waals surface area contributed by atoms with Crippen molar-refractivity contribution < 1.29 is 19.0 Å². The molecule has 0 saturated heterocycles. The Balaban J connectivity index is 2.06. The van der Waals surface area contributed by atoms with Crippen LogP contribution in [0.5, 0.6) is 0 Å². The van der Waals surface area contributed by atoms with Gasteiger partial charge in [-0.25, -0.2) is 4.79 Å². The zero-order valence-corrected chi connectivity index (χ0v) is 15.0. The van der Waals surface area contributed by atoms with Gasteiger partial charge in [-0.3, -0.25) is 0 Å². The van der Waals surface area contributed by atoms with E-state index in [1.54, 1.807) is 6.08 Å². The summed E-state index contributed by atoms with van der Waals surface area (Å²) in [5.74, 6) is 0.0271. The van der Waals surface area contributed by atoms with Crippen LogP contribution in [0.4, 0.5) is 0 Å². The van der Waals surface area contributed by atoms with Gasteiger partial charge in [0.1, 0.15) is 0 Å². The summed E-state index contributed by atoms with van der Waals surface area (Å²) < 4.78 is 16.3. The molecule has 2 aromatic rings. The van der Waals surface area contributed by atoms with E-state index in [4.69, 9.17) is 14.2 Å². The van der Waals surface area contributed by atoms with E-state index in [1.807, 2.05) is 43.3 Å². The molecule has 0 amide bonds. The number of carbonyl (C=O) groups is 1. The van der Waals surface area contributed by atoms with Crippen LogP contribution in [0, 0.1) is 0 Å². The maximum atomic E-state index is 11.8. The number of ether oxygens (including phenoxy) is 3. The van der Waals surface area contributed by atoms with Crippen molar-refractivity contribution in [1.82, 2.24) is 0 Å². The van der Waals surface area contributed by atoms with E-state index < -0.39 is 5.97 Å². The summed E-state index contributed by atoms with van der Waals surface area (Å²) in [5, 5.41) is 0. The quantitative estimate of drug-likeness (QED) is 0.717. The topological polar surface area (TPSA) is 44.8 Å². The summed E-state index contributed by atoms with van der Waals surface area (Å²) in [6, 6.07) is 20.4. The van der Waals surface area contributed by atoms with Gasteiger partial charge in [-0.2, -0.15) is 0 Å². The van der Waals surface area contributed by atoms with Gasteiger partial charge in [0.15, 0.2) is 0 Å². The van der Waals surface area contributed by atoms with E-state index in [1.165, 1.54) is 7.11 Å². The maximum absolute atomic E-state index is 11.8. The predicted octanol–water partition coefficient (Wildman–Crippen LogP) is 4.54. The molecule has 1 heterocycles. The first-order valence-corrected chi connectivity index (χ1v) is 8.66. The monoisotopic (exact) mass is 350 g/mol. The van der Waals surface area contributed by atoms with Crippen molar-refractivity contribution in [2.75, 3.05) is 13.7 Å². The van der Waals surface area contributed by atoms with Crippen LogP contribution in [0.15, 0.2) is 84.0 Å². The number of hydrogen-bond acceptors (Lipinski definition) is 4. The number of esters is 1. The van der Waals surface area contributed by atoms with Gasteiger partial charge in [0, 0.05) is 11.5 Å². The average molecular weight is 350 g/mol. The minimum Gasteiger partial charge on any atom is -0.465 e. The van der Waals surface area contributed by atoms with E-state index in [9.17, 15) is 4.79 Å². The van der Waals surface area contributed by atoms with E-state index in [0.29, 0.717) is 19.0 Å². The minimum atomic E-state index is -0.503. The van der Waals surface area contributed by atoms with Crippen LogP contribution < -0.4 is 0 Å². The van der Waals surface area contributed by atoms with Gasteiger partial charge in [-0.15, -0.1) is 0 Å². The molecule has 2 aromatic carbocycles. The van der Waals surface area contributed by atoms with Crippen LogP contribution in [-0.2, 0) is 19.0 Å². The predicted molar refractivity (Wildman–Crippen MR) is 99.2 cm³/mol. The Bertz CT molecular complexity index is 767. The molecule has 0 unspecified atom stereocenters. The first kappa shape index (κ1) is 17.8. The van der Waals surface area contributed by atoms with Crippen molar-refractivity contribution in [3.05, 3.63) is 95.1 Å². The van der Waals surface area contributed by atoms with Crippen molar-refractivity contribution in [3.8, 4) is 0 Å². The molecule has 3 rings (SSSR count). The smallest absolute Gasteiger partial charge is 0.373 e. The van der Waals surface area contributed by atoms with E-state index in [0.717, 1.165) is 16.7 Å². The Morgan fingerprint density at radius 2 is 1.62 bits per heavy atom. The second-order valence-corrected chi connectivity index (χ2v) is 5.87. The third-order valence-corrected chi connectivity index (χ3v) is 4.25. The second kappa shape index (κ2) is 8.39. The summed E-state index contributed by atoms with van der Waals surface area (Å²) >= 11 is 0. The standard InChI is InChI=1S/C22H22O4/c1-3-25-22-18(14-15-19(26-22)21(23)24-2)20(16-10-6-4-7-11-16)17-12-8-5-9-13-17/h4-13,15,20H,3,14H2,1-2H3. The van der Waals surface area contributed by atoms with Crippen LogP contribution >= 0.6 is 0 Å². The van der Waals surface area contributed by atoms with Crippen LogP contribution in [0.2, 0.25) is 0 Å². The maximum Gasteiger partial charge on any atom is 0.373 e. The molecule has 26 heavy (non-hydrogen) atoms. The van der Waals surface area contributed by atoms with Gasteiger partial charge < -0.3 is 14.2 Å². The van der Waals surface area contributed by atoms with Gasteiger partial charge in [0.05, 0.1) is 13.7 Å². The fraction of sp³-hybridized carbons (Fsp3) is 0.227. The Hall–Kier alpha value is -3.01. The van der Waals surface area contributed by atoms with Crippen molar-refractivity contribution in [3.63, 3.8) is 0 Å². The second-order valence-electron chi connectivity index (χ2n) is 5.87. The molecule has 0 fully saturated rings. The van der Waals surface area contributed by atoms with Crippen molar-refractivity contribution in [1.29, 1.82) is 0 Å². The van der Waals surface area contributed by atoms with Crippen molar-refractivity contribution >= 4 is 5.97 Å². The molecule has 4 heteroatoms. The Morgan fingerprint density at radius 3 is 2.12 bits per heavy atom. The van der Waals surface area contributed by atoms with E-state index >= 15 is 0 Å². The summed E-state index contributed by atoms with van der Waals surface area (Å²) in [5.41, 5.74) is 3.27. The SMILES string of the molecule is CCOC1=C(C(c2ccccc2)c2ccccc2)CC=C(C(=O)OC)O1. The van der Waals surface area contributed by atoms with Crippen molar-refractivity contribution in [2.24, 2.45) is 0 Å². The van der Waals surface area contributed by atoms with Gasteiger partial charge in [-0.05, 0) is 30.5 Å².